The number of amides is 1. The number of aromatic nitrogens is 1. The Labute approximate surface area is 152 Å². The summed E-state index contributed by atoms with van der Waals surface area (Å²) in [5, 5.41) is 10.6. The van der Waals surface area contributed by atoms with Crippen LogP contribution in [0.25, 0.3) is 10.2 Å². The molecule has 26 heavy (non-hydrogen) atoms. The SMILES string of the molecule is CC(=O)C1=C(O)C(=O)N(c2nc3ccccc3s2)[C@@H]1c1cccc(F)c1. The van der Waals surface area contributed by atoms with Crippen LogP contribution >= 0.6 is 11.3 Å². The predicted molar refractivity (Wildman–Crippen MR) is 96.6 cm³/mol. The molecule has 0 bridgehead atoms. The third kappa shape index (κ3) is 2.48. The monoisotopic (exact) mass is 368 g/mol. The van der Waals surface area contributed by atoms with Crippen LogP contribution in [0.4, 0.5) is 9.52 Å². The van der Waals surface area contributed by atoms with Gasteiger partial charge in [0.25, 0.3) is 5.91 Å². The summed E-state index contributed by atoms with van der Waals surface area (Å²) in [5.41, 5.74) is 1.04. The molecule has 0 spiro atoms. The molecule has 0 saturated carbocycles. The predicted octanol–water partition coefficient (Wildman–Crippen LogP) is 3.92. The number of benzene rings is 2. The van der Waals surface area contributed by atoms with E-state index >= 15 is 0 Å². The summed E-state index contributed by atoms with van der Waals surface area (Å²) >= 11 is 1.27. The van der Waals surface area contributed by atoms with Gasteiger partial charge >= 0.3 is 0 Å². The second kappa shape index (κ2) is 6.03. The van der Waals surface area contributed by atoms with Crippen molar-refractivity contribution in [2.24, 2.45) is 0 Å². The molecule has 0 fully saturated rings. The number of hydrogen-bond acceptors (Lipinski definition) is 5. The maximum Gasteiger partial charge on any atom is 0.296 e. The van der Waals surface area contributed by atoms with Crippen molar-refractivity contribution < 1.29 is 19.1 Å². The van der Waals surface area contributed by atoms with Crippen LogP contribution in [-0.4, -0.2) is 21.8 Å². The lowest BCUT2D eigenvalue weighted by Gasteiger charge is -2.24. The molecule has 2 aromatic carbocycles. The number of para-hydroxylation sites is 1. The molecular formula is C19H13FN2O3S. The minimum absolute atomic E-state index is 0.0557. The molecule has 2 heterocycles. The highest BCUT2D eigenvalue weighted by atomic mass is 32.1. The second-order valence-electron chi connectivity index (χ2n) is 5.92. The van der Waals surface area contributed by atoms with Gasteiger partial charge in [-0.05, 0) is 36.8 Å². The van der Waals surface area contributed by atoms with Crippen molar-refractivity contribution in [3.63, 3.8) is 0 Å². The summed E-state index contributed by atoms with van der Waals surface area (Å²) in [5.74, 6) is -2.28. The lowest BCUT2D eigenvalue weighted by molar-refractivity contribution is -0.117. The Morgan fingerprint density at radius 2 is 2.00 bits per heavy atom. The quantitative estimate of drug-likeness (QED) is 0.761. The number of carbonyl (C=O) groups excluding carboxylic acids is 2. The van der Waals surface area contributed by atoms with Crippen LogP contribution < -0.4 is 4.90 Å². The van der Waals surface area contributed by atoms with E-state index in [-0.39, 0.29) is 5.57 Å². The first-order valence-corrected chi connectivity index (χ1v) is 8.67. The number of nitrogens with zero attached hydrogens (tertiary/aromatic N) is 2. The minimum Gasteiger partial charge on any atom is -0.503 e. The summed E-state index contributed by atoms with van der Waals surface area (Å²) in [4.78, 5) is 30.5. The van der Waals surface area contributed by atoms with Gasteiger partial charge in [-0.25, -0.2) is 9.37 Å². The molecule has 1 aromatic heterocycles. The Morgan fingerprint density at radius 3 is 2.69 bits per heavy atom. The van der Waals surface area contributed by atoms with Crippen molar-refractivity contribution in [1.29, 1.82) is 0 Å². The number of fused-ring (bicyclic) bond motifs is 1. The van der Waals surface area contributed by atoms with Crippen molar-refractivity contribution in [1.82, 2.24) is 4.98 Å². The Kier molecular flexibility index (Phi) is 3.81. The number of halogens is 1. The van der Waals surface area contributed by atoms with Crippen LogP contribution in [0, 0.1) is 5.82 Å². The molecule has 0 aliphatic carbocycles. The number of aliphatic hydroxyl groups is 1. The van der Waals surface area contributed by atoms with Gasteiger partial charge in [-0.1, -0.05) is 35.6 Å². The van der Waals surface area contributed by atoms with Gasteiger partial charge < -0.3 is 5.11 Å². The molecular weight excluding hydrogens is 355 g/mol. The topological polar surface area (TPSA) is 70.5 Å². The molecule has 0 saturated heterocycles. The van der Waals surface area contributed by atoms with E-state index in [1.165, 1.54) is 41.4 Å². The number of ketones is 1. The number of rotatable bonds is 3. The van der Waals surface area contributed by atoms with Crippen LogP contribution in [0.15, 0.2) is 59.9 Å². The zero-order valence-corrected chi connectivity index (χ0v) is 14.5. The number of anilines is 1. The zero-order valence-electron chi connectivity index (χ0n) is 13.6. The number of aliphatic hydroxyl groups excluding tert-OH is 1. The van der Waals surface area contributed by atoms with E-state index in [1.54, 1.807) is 6.07 Å². The van der Waals surface area contributed by atoms with Crippen LogP contribution in [-0.2, 0) is 9.59 Å². The van der Waals surface area contributed by atoms with Crippen LogP contribution in [0.2, 0.25) is 0 Å². The number of Topliss-reactive ketones (excluding diaryl/α,β-unsaturated/α-hetero) is 1. The molecule has 130 valence electrons. The Hall–Kier alpha value is -3.06. The van der Waals surface area contributed by atoms with Crippen molar-refractivity contribution >= 4 is 38.4 Å². The fraction of sp³-hybridized carbons (Fsp3) is 0.105. The van der Waals surface area contributed by atoms with Crippen LogP contribution in [0.5, 0.6) is 0 Å². The normalized spacial score (nSPS) is 17.4. The lowest BCUT2D eigenvalue weighted by atomic mass is 9.97. The zero-order chi connectivity index (χ0) is 18.4. The second-order valence-corrected chi connectivity index (χ2v) is 6.92. The molecule has 7 heteroatoms. The maximum absolute atomic E-state index is 13.8. The van der Waals surface area contributed by atoms with Gasteiger partial charge in [-0.2, -0.15) is 0 Å². The van der Waals surface area contributed by atoms with E-state index in [0.29, 0.717) is 16.2 Å². The molecule has 1 amide bonds. The molecule has 0 unspecified atom stereocenters. The molecule has 1 aliphatic rings. The van der Waals surface area contributed by atoms with Gasteiger partial charge in [0.05, 0.1) is 21.8 Å². The van der Waals surface area contributed by atoms with E-state index in [1.807, 2.05) is 24.3 Å². The number of carbonyl (C=O) groups is 2. The average molecular weight is 368 g/mol. The first kappa shape index (κ1) is 16.4. The molecule has 5 nitrogen and oxygen atoms in total. The third-order valence-electron chi connectivity index (χ3n) is 4.24. The van der Waals surface area contributed by atoms with Crippen LogP contribution in [0.1, 0.15) is 18.5 Å². The van der Waals surface area contributed by atoms with E-state index in [4.69, 9.17) is 0 Å². The van der Waals surface area contributed by atoms with Gasteiger partial charge in [0.2, 0.25) is 0 Å². The van der Waals surface area contributed by atoms with Gasteiger partial charge in [-0.3, -0.25) is 14.5 Å². The molecule has 1 aliphatic heterocycles. The van der Waals surface area contributed by atoms with E-state index in [0.717, 1.165) is 4.70 Å². The highest BCUT2D eigenvalue weighted by Crippen LogP contribution is 2.43. The number of thiazole rings is 1. The molecule has 3 aromatic rings. The smallest absolute Gasteiger partial charge is 0.296 e. The van der Waals surface area contributed by atoms with Crippen molar-refractivity contribution in [3.05, 3.63) is 71.2 Å². The van der Waals surface area contributed by atoms with Crippen molar-refractivity contribution in [3.8, 4) is 0 Å². The Balaban J connectivity index is 1.91. The number of hydrogen-bond donors (Lipinski definition) is 1. The standard InChI is InChI=1S/C19H13FN2O3S/c1-10(23)15-16(11-5-4-6-12(20)9-11)22(18(25)17(15)24)19-21-13-7-2-3-8-14(13)26-19/h2-9,16,24H,1H3/t16-/m1/s1. The maximum atomic E-state index is 13.8. The molecule has 0 radical (unpaired) electrons. The Morgan fingerprint density at radius 1 is 1.23 bits per heavy atom. The van der Waals surface area contributed by atoms with Crippen LogP contribution in [0.3, 0.4) is 0 Å². The third-order valence-corrected chi connectivity index (χ3v) is 5.28. The van der Waals surface area contributed by atoms with Crippen molar-refractivity contribution in [2.45, 2.75) is 13.0 Å². The Bertz CT molecular complexity index is 1060. The first-order valence-electron chi connectivity index (χ1n) is 7.86. The summed E-state index contributed by atoms with van der Waals surface area (Å²) in [6, 6.07) is 12.1. The molecule has 1 N–H and O–H groups in total. The fourth-order valence-electron chi connectivity index (χ4n) is 3.12. The van der Waals surface area contributed by atoms with E-state index < -0.39 is 29.3 Å². The van der Waals surface area contributed by atoms with Gasteiger partial charge in [0, 0.05) is 0 Å². The lowest BCUT2D eigenvalue weighted by Crippen LogP contribution is -2.30. The van der Waals surface area contributed by atoms with Gasteiger partial charge in [-0.15, -0.1) is 0 Å². The molecule has 1 atom stereocenters. The largest absolute Gasteiger partial charge is 0.503 e. The van der Waals surface area contributed by atoms with E-state index in [9.17, 15) is 19.1 Å². The fourth-order valence-corrected chi connectivity index (χ4v) is 4.11. The highest BCUT2D eigenvalue weighted by molar-refractivity contribution is 7.22. The highest BCUT2D eigenvalue weighted by Gasteiger charge is 2.44. The summed E-state index contributed by atoms with van der Waals surface area (Å²) < 4.78 is 14.6. The minimum atomic E-state index is -0.920. The van der Waals surface area contributed by atoms with E-state index in [2.05, 4.69) is 4.98 Å². The summed E-state index contributed by atoms with van der Waals surface area (Å²) in [6.07, 6.45) is 0. The van der Waals surface area contributed by atoms with Gasteiger partial charge in [0.1, 0.15) is 5.82 Å². The van der Waals surface area contributed by atoms with Gasteiger partial charge in [0.15, 0.2) is 16.7 Å². The van der Waals surface area contributed by atoms with Crippen molar-refractivity contribution in [2.75, 3.05) is 4.90 Å². The summed E-state index contributed by atoms with van der Waals surface area (Å²) in [7, 11) is 0. The average Bonchev–Trinajstić information content (AvgIpc) is 3.14. The molecule has 4 rings (SSSR count). The first-order chi connectivity index (χ1) is 12.5. The summed E-state index contributed by atoms with van der Waals surface area (Å²) in [6.45, 7) is 1.27.